The lowest BCUT2D eigenvalue weighted by Crippen LogP contribution is -2.39. The molecule has 43 heavy (non-hydrogen) atoms. The van der Waals surface area contributed by atoms with Gasteiger partial charge in [-0.1, -0.05) is 113 Å². The summed E-state index contributed by atoms with van der Waals surface area (Å²) in [6, 6.07) is 43.1. The van der Waals surface area contributed by atoms with E-state index in [0.29, 0.717) is 28.0 Å². The molecule has 8 heteroatoms. The Balaban J connectivity index is 1.36. The first-order chi connectivity index (χ1) is 21.1. The first-order valence-electron chi connectivity index (χ1n) is 13.8. The molecule has 7 rings (SSSR count). The summed E-state index contributed by atoms with van der Waals surface area (Å²) in [7, 11) is 0. The predicted octanol–water partition coefficient (Wildman–Crippen LogP) is 6.88. The number of benzene rings is 5. The van der Waals surface area contributed by atoms with Crippen molar-refractivity contribution >= 4 is 33.4 Å². The van der Waals surface area contributed by atoms with Gasteiger partial charge >= 0.3 is 0 Å². The van der Waals surface area contributed by atoms with Gasteiger partial charge in [0, 0.05) is 10.9 Å². The summed E-state index contributed by atoms with van der Waals surface area (Å²) >= 11 is 3.42. The van der Waals surface area contributed by atoms with E-state index in [2.05, 4.69) is 67.9 Å². The molecule has 0 radical (unpaired) electrons. The van der Waals surface area contributed by atoms with Crippen molar-refractivity contribution in [2.24, 2.45) is 0 Å². The number of imide groups is 1. The van der Waals surface area contributed by atoms with Crippen LogP contribution in [0.4, 0.5) is 5.69 Å². The number of carbonyl (C=O) groups is 2. The average Bonchev–Trinajstić information content (AvgIpc) is 3.66. The van der Waals surface area contributed by atoms with Crippen LogP contribution in [-0.4, -0.2) is 32.0 Å². The molecule has 0 bridgehead atoms. The van der Waals surface area contributed by atoms with Crippen LogP contribution in [0.1, 0.15) is 43.0 Å². The topological polar surface area (TPSA) is 81.0 Å². The van der Waals surface area contributed by atoms with Gasteiger partial charge in [-0.25, -0.2) is 9.58 Å². The third-order valence-corrected chi connectivity index (χ3v) is 8.50. The Kier molecular flexibility index (Phi) is 6.75. The highest BCUT2D eigenvalue weighted by molar-refractivity contribution is 9.08. The molecule has 1 aliphatic rings. The number of alkyl halides is 1. The van der Waals surface area contributed by atoms with Crippen molar-refractivity contribution in [3.63, 3.8) is 0 Å². The van der Waals surface area contributed by atoms with Crippen molar-refractivity contribution in [1.82, 2.24) is 20.2 Å². The first-order valence-corrected chi connectivity index (χ1v) is 14.9. The molecule has 0 saturated heterocycles. The summed E-state index contributed by atoms with van der Waals surface area (Å²) in [4.78, 5) is 27.8. The van der Waals surface area contributed by atoms with Crippen LogP contribution in [0.15, 0.2) is 133 Å². The van der Waals surface area contributed by atoms with Crippen LogP contribution in [0.3, 0.4) is 0 Å². The Morgan fingerprint density at radius 2 is 1.16 bits per heavy atom. The molecule has 0 unspecified atom stereocenters. The molecule has 0 saturated carbocycles. The fourth-order valence-electron chi connectivity index (χ4n) is 5.86. The van der Waals surface area contributed by atoms with Crippen LogP contribution in [-0.2, 0) is 10.9 Å². The van der Waals surface area contributed by atoms with Gasteiger partial charge in [-0.3, -0.25) is 9.59 Å². The minimum absolute atomic E-state index is 0.336. The molecule has 2 heterocycles. The number of rotatable bonds is 7. The highest BCUT2D eigenvalue weighted by Gasteiger charge is 2.42. The zero-order valence-electron chi connectivity index (χ0n) is 22.8. The third-order valence-electron chi connectivity index (χ3n) is 7.85. The number of nitrogens with zero attached hydrogens (tertiary/aromatic N) is 5. The van der Waals surface area contributed by atoms with E-state index >= 15 is 0 Å². The van der Waals surface area contributed by atoms with E-state index in [1.54, 1.807) is 24.3 Å². The summed E-state index contributed by atoms with van der Waals surface area (Å²) in [5, 5.41) is 13.8. The fourth-order valence-corrected chi connectivity index (χ4v) is 6.21. The van der Waals surface area contributed by atoms with Gasteiger partial charge in [0.15, 0.2) is 5.82 Å². The average molecular weight is 627 g/mol. The van der Waals surface area contributed by atoms with Crippen LogP contribution in [0.5, 0.6) is 0 Å². The Morgan fingerprint density at radius 1 is 0.628 bits per heavy atom. The highest BCUT2D eigenvalue weighted by Crippen LogP contribution is 2.42. The second-order valence-corrected chi connectivity index (χ2v) is 10.8. The number of hydrogen-bond donors (Lipinski definition) is 0. The van der Waals surface area contributed by atoms with Gasteiger partial charge < -0.3 is 0 Å². The van der Waals surface area contributed by atoms with E-state index in [-0.39, 0.29) is 11.8 Å². The number of carbonyl (C=O) groups excluding carboxylic acids is 2. The number of aromatic nitrogens is 4. The van der Waals surface area contributed by atoms with Crippen molar-refractivity contribution in [3.8, 4) is 11.4 Å². The molecule has 208 valence electrons. The number of amides is 2. The van der Waals surface area contributed by atoms with Gasteiger partial charge in [-0.15, -0.1) is 5.10 Å². The van der Waals surface area contributed by atoms with Gasteiger partial charge in [0.05, 0.1) is 16.8 Å². The molecule has 0 aliphatic carbocycles. The molecule has 0 atom stereocenters. The van der Waals surface area contributed by atoms with E-state index in [4.69, 9.17) is 0 Å². The minimum atomic E-state index is -0.892. The van der Waals surface area contributed by atoms with E-state index in [9.17, 15) is 9.59 Å². The zero-order valence-corrected chi connectivity index (χ0v) is 24.4. The standard InChI is InChI=1S/C35H24BrN5O2/c36-23-24-16-21-30-31(22-24)34(43)40(33(30)42)29-19-17-25(18-20-29)32-37-38-39-41(32)35(26-10-4-1-5-11-26,27-12-6-2-7-13-27)28-14-8-3-9-15-28/h1-22H,23H2. The second-order valence-electron chi connectivity index (χ2n) is 10.2. The second kappa shape index (κ2) is 10.9. The van der Waals surface area contributed by atoms with Gasteiger partial charge in [-0.05, 0) is 69.1 Å². The quantitative estimate of drug-likeness (QED) is 0.110. The van der Waals surface area contributed by atoms with E-state index in [0.717, 1.165) is 27.8 Å². The van der Waals surface area contributed by atoms with Gasteiger partial charge in [-0.2, -0.15) is 0 Å². The molecule has 1 aliphatic heterocycles. The summed E-state index contributed by atoms with van der Waals surface area (Å²) in [6.07, 6.45) is 0. The van der Waals surface area contributed by atoms with Gasteiger partial charge in [0.25, 0.3) is 11.8 Å². The molecule has 0 fully saturated rings. The molecular weight excluding hydrogens is 602 g/mol. The Labute approximate surface area is 256 Å². The van der Waals surface area contributed by atoms with Crippen LogP contribution in [0, 0.1) is 0 Å². The van der Waals surface area contributed by atoms with Crippen LogP contribution < -0.4 is 4.90 Å². The zero-order chi connectivity index (χ0) is 29.4. The number of hydrogen-bond acceptors (Lipinski definition) is 5. The monoisotopic (exact) mass is 625 g/mol. The Morgan fingerprint density at radius 3 is 1.70 bits per heavy atom. The molecular formula is C35H24BrN5O2. The lowest BCUT2D eigenvalue weighted by atomic mass is 9.77. The Bertz CT molecular complexity index is 1850. The summed E-state index contributed by atoms with van der Waals surface area (Å²) in [5.41, 5.74) is 5.05. The lowest BCUT2D eigenvalue weighted by Gasteiger charge is -2.36. The van der Waals surface area contributed by atoms with Crippen molar-refractivity contribution in [2.75, 3.05) is 4.90 Å². The normalized spacial score (nSPS) is 12.9. The predicted molar refractivity (Wildman–Crippen MR) is 168 cm³/mol. The first kappa shape index (κ1) is 26.7. The van der Waals surface area contributed by atoms with Crippen molar-refractivity contribution in [2.45, 2.75) is 10.9 Å². The summed E-state index contributed by atoms with van der Waals surface area (Å²) < 4.78 is 1.85. The SMILES string of the molecule is O=C1c2ccc(CBr)cc2C(=O)N1c1ccc(-c2nnnn2C(c2ccccc2)(c2ccccc2)c2ccccc2)cc1. The van der Waals surface area contributed by atoms with Crippen molar-refractivity contribution in [1.29, 1.82) is 0 Å². The summed E-state index contributed by atoms with van der Waals surface area (Å²) in [5.74, 6) is -0.140. The fraction of sp³-hybridized carbons (Fsp3) is 0.0571. The van der Waals surface area contributed by atoms with Crippen molar-refractivity contribution < 1.29 is 9.59 Å². The maximum atomic E-state index is 13.3. The van der Waals surface area contributed by atoms with Gasteiger partial charge in [0.1, 0.15) is 5.54 Å². The minimum Gasteiger partial charge on any atom is -0.268 e. The molecule has 7 nitrogen and oxygen atoms in total. The summed E-state index contributed by atoms with van der Waals surface area (Å²) in [6.45, 7) is 0. The molecule has 0 spiro atoms. The highest BCUT2D eigenvalue weighted by atomic mass is 79.9. The lowest BCUT2D eigenvalue weighted by molar-refractivity contribution is 0.0926. The van der Waals surface area contributed by atoms with Crippen LogP contribution in [0.2, 0.25) is 0 Å². The van der Waals surface area contributed by atoms with Gasteiger partial charge in [0.2, 0.25) is 0 Å². The van der Waals surface area contributed by atoms with Crippen LogP contribution >= 0.6 is 15.9 Å². The number of anilines is 1. The molecule has 2 amide bonds. The van der Waals surface area contributed by atoms with E-state index in [1.807, 2.05) is 77.5 Å². The largest absolute Gasteiger partial charge is 0.268 e. The Hall–Kier alpha value is -5.21. The third kappa shape index (κ3) is 4.30. The molecule has 6 aromatic rings. The smallest absolute Gasteiger partial charge is 0.266 e. The molecule has 1 aromatic heterocycles. The van der Waals surface area contributed by atoms with E-state index < -0.39 is 5.54 Å². The maximum Gasteiger partial charge on any atom is 0.266 e. The van der Waals surface area contributed by atoms with Crippen LogP contribution in [0.25, 0.3) is 11.4 Å². The van der Waals surface area contributed by atoms with E-state index in [1.165, 1.54) is 4.90 Å². The molecule has 5 aromatic carbocycles. The maximum absolute atomic E-state index is 13.3. The number of halogens is 1. The van der Waals surface area contributed by atoms with Crippen molar-refractivity contribution in [3.05, 3.63) is 167 Å². The number of tetrazole rings is 1. The molecule has 0 N–H and O–H groups in total. The number of fused-ring (bicyclic) bond motifs is 1.